The van der Waals surface area contributed by atoms with E-state index < -0.39 is 0 Å². The van der Waals surface area contributed by atoms with Crippen LogP contribution in [0.5, 0.6) is 0 Å². The van der Waals surface area contributed by atoms with E-state index in [0.29, 0.717) is 0 Å². The van der Waals surface area contributed by atoms with Gasteiger partial charge in [0.25, 0.3) is 0 Å². The molecule has 1 aliphatic rings. The zero-order chi connectivity index (χ0) is 11.5. The van der Waals surface area contributed by atoms with Gasteiger partial charge in [-0.3, -0.25) is 4.90 Å². The van der Waals surface area contributed by atoms with Gasteiger partial charge in [0.2, 0.25) is 0 Å². The zero-order valence-electron chi connectivity index (χ0n) is 9.55. The van der Waals surface area contributed by atoms with Gasteiger partial charge in [-0.05, 0) is 43.5 Å². The topological polar surface area (TPSA) is 3.24 Å². The Bertz CT molecular complexity index is 363. The summed E-state index contributed by atoms with van der Waals surface area (Å²) in [6, 6.07) is 6.98. The van der Waals surface area contributed by atoms with Crippen LogP contribution in [0.1, 0.15) is 31.7 Å². The molecule has 3 heteroatoms. The molecule has 2 rings (SSSR count). The van der Waals surface area contributed by atoms with Crippen LogP contribution >= 0.6 is 27.5 Å². The van der Waals surface area contributed by atoms with Crippen LogP contribution in [0, 0.1) is 0 Å². The molecule has 0 spiro atoms. The average molecular weight is 303 g/mol. The van der Waals surface area contributed by atoms with Crippen molar-refractivity contribution in [2.75, 3.05) is 6.54 Å². The Morgan fingerprint density at radius 2 is 2.19 bits per heavy atom. The summed E-state index contributed by atoms with van der Waals surface area (Å²) in [4.78, 5) is 2.55. The minimum atomic E-state index is 0.805. The Kier molecular flexibility index (Phi) is 4.28. The Balaban J connectivity index is 2.05. The van der Waals surface area contributed by atoms with Crippen molar-refractivity contribution in [1.82, 2.24) is 4.90 Å². The smallest absolute Gasteiger partial charge is 0.0462 e. The molecule has 0 saturated heterocycles. The summed E-state index contributed by atoms with van der Waals surface area (Å²) >= 11 is 9.68. The van der Waals surface area contributed by atoms with Crippen LogP contribution < -0.4 is 0 Å². The zero-order valence-corrected chi connectivity index (χ0v) is 11.9. The molecule has 16 heavy (non-hydrogen) atoms. The van der Waals surface area contributed by atoms with E-state index in [1.807, 2.05) is 6.07 Å². The second-order valence-electron chi connectivity index (χ2n) is 4.44. The van der Waals surface area contributed by atoms with Crippen molar-refractivity contribution in [3.05, 3.63) is 33.3 Å². The summed E-state index contributed by atoms with van der Waals surface area (Å²) in [5, 5.41) is 0.871. The molecule has 0 unspecified atom stereocenters. The lowest BCUT2D eigenvalue weighted by molar-refractivity contribution is 0.255. The SMILES string of the molecule is CCCN(Cc1ccc(Br)cc1Cl)C1CC1. The van der Waals surface area contributed by atoms with E-state index in [4.69, 9.17) is 11.6 Å². The first-order valence-electron chi connectivity index (χ1n) is 5.88. The van der Waals surface area contributed by atoms with Gasteiger partial charge >= 0.3 is 0 Å². The van der Waals surface area contributed by atoms with E-state index in [-0.39, 0.29) is 0 Å². The van der Waals surface area contributed by atoms with E-state index >= 15 is 0 Å². The molecule has 1 aromatic carbocycles. The minimum absolute atomic E-state index is 0.805. The highest BCUT2D eigenvalue weighted by Gasteiger charge is 2.28. The lowest BCUT2D eigenvalue weighted by Crippen LogP contribution is -2.26. The predicted octanol–water partition coefficient (Wildman–Crippen LogP) is 4.48. The Hall–Kier alpha value is -0.0500. The monoisotopic (exact) mass is 301 g/mol. The second-order valence-corrected chi connectivity index (χ2v) is 5.76. The van der Waals surface area contributed by atoms with Crippen LogP contribution in [0.2, 0.25) is 5.02 Å². The normalized spacial score (nSPS) is 15.8. The summed E-state index contributed by atoms with van der Waals surface area (Å²) in [5.41, 5.74) is 1.24. The van der Waals surface area contributed by atoms with Crippen LogP contribution in [0.3, 0.4) is 0 Å². The second kappa shape index (κ2) is 5.52. The van der Waals surface area contributed by atoms with Crippen LogP contribution in [0.25, 0.3) is 0 Å². The number of hydrogen-bond donors (Lipinski definition) is 0. The first-order valence-corrected chi connectivity index (χ1v) is 7.05. The predicted molar refractivity (Wildman–Crippen MR) is 72.9 cm³/mol. The molecule has 0 radical (unpaired) electrons. The Morgan fingerprint density at radius 3 is 2.75 bits per heavy atom. The molecule has 1 fully saturated rings. The van der Waals surface area contributed by atoms with Gasteiger partial charge in [0.05, 0.1) is 0 Å². The molecular weight excluding hydrogens is 286 g/mol. The highest BCUT2D eigenvalue weighted by Crippen LogP contribution is 2.30. The number of rotatable bonds is 5. The maximum atomic E-state index is 6.24. The summed E-state index contributed by atoms with van der Waals surface area (Å²) < 4.78 is 1.05. The fourth-order valence-corrected chi connectivity index (χ4v) is 2.72. The third-order valence-corrected chi connectivity index (χ3v) is 3.81. The van der Waals surface area contributed by atoms with E-state index in [1.54, 1.807) is 0 Å². The molecule has 0 atom stereocenters. The Morgan fingerprint density at radius 1 is 1.44 bits per heavy atom. The molecular formula is C13H17BrClN. The molecule has 0 bridgehead atoms. The molecule has 0 aliphatic heterocycles. The fourth-order valence-electron chi connectivity index (χ4n) is 1.99. The highest BCUT2D eigenvalue weighted by molar-refractivity contribution is 9.10. The van der Waals surface area contributed by atoms with Crippen LogP contribution in [-0.4, -0.2) is 17.5 Å². The van der Waals surface area contributed by atoms with Crippen molar-refractivity contribution in [3.8, 4) is 0 Å². The van der Waals surface area contributed by atoms with Gasteiger partial charge in [-0.15, -0.1) is 0 Å². The van der Waals surface area contributed by atoms with Crippen molar-refractivity contribution in [2.45, 2.75) is 38.8 Å². The number of halogens is 2. The molecule has 0 aromatic heterocycles. The first kappa shape index (κ1) is 12.4. The maximum Gasteiger partial charge on any atom is 0.0462 e. The molecule has 0 amide bonds. The third kappa shape index (κ3) is 3.22. The fraction of sp³-hybridized carbons (Fsp3) is 0.538. The van der Waals surface area contributed by atoms with Crippen molar-refractivity contribution in [2.24, 2.45) is 0 Å². The highest BCUT2D eigenvalue weighted by atomic mass is 79.9. The molecule has 1 aromatic rings. The summed E-state index contributed by atoms with van der Waals surface area (Å²) in [6.45, 7) is 4.40. The van der Waals surface area contributed by atoms with Gasteiger partial charge in [-0.25, -0.2) is 0 Å². The quantitative estimate of drug-likeness (QED) is 0.775. The largest absolute Gasteiger partial charge is 0.296 e. The van der Waals surface area contributed by atoms with Crippen LogP contribution in [-0.2, 0) is 6.54 Å². The molecule has 0 N–H and O–H groups in total. The van der Waals surface area contributed by atoms with Crippen molar-refractivity contribution >= 4 is 27.5 Å². The van der Waals surface area contributed by atoms with Crippen molar-refractivity contribution in [1.29, 1.82) is 0 Å². The number of hydrogen-bond acceptors (Lipinski definition) is 1. The van der Waals surface area contributed by atoms with Crippen molar-refractivity contribution in [3.63, 3.8) is 0 Å². The molecule has 1 saturated carbocycles. The molecule has 0 heterocycles. The van der Waals surface area contributed by atoms with E-state index in [2.05, 4.69) is 39.9 Å². The minimum Gasteiger partial charge on any atom is -0.296 e. The van der Waals surface area contributed by atoms with E-state index in [1.165, 1.54) is 31.4 Å². The Labute approximate surface area is 111 Å². The standard InChI is InChI=1S/C13H17BrClN/c1-2-7-16(12-5-6-12)9-10-3-4-11(14)8-13(10)15/h3-4,8,12H,2,5-7,9H2,1H3. The number of benzene rings is 1. The lowest BCUT2D eigenvalue weighted by atomic mass is 10.2. The summed E-state index contributed by atoms with van der Waals surface area (Å²) in [7, 11) is 0. The van der Waals surface area contributed by atoms with Gasteiger partial charge in [-0.1, -0.05) is 40.5 Å². The van der Waals surface area contributed by atoms with Gasteiger partial charge in [0.15, 0.2) is 0 Å². The average Bonchev–Trinajstić information content (AvgIpc) is 3.04. The summed E-state index contributed by atoms with van der Waals surface area (Å²) in [6.07, 6.45) is 3.92. The van der Waals surface area contributed by atoms with E-state index in [0.717, 1.165) is 22.1 Å². The van der Waals surface area contributed by atoms with Gasteiger partial charge < -0.3 is 0 Å². The van der Waals surface area contributed by atoms with Crippen molar-refractivity contribution < 1.29 is 0 Å². The molecule has 1 aliphatic carbocycles. The van der Waals surface area contributed by atoms with Gasteiger partial charge in [0, 0.05) is 22.1 Å². The molecule has 1 nitrogen and oxygen atoms in total. The third-order valence-electron chi connectivity index (χ3n) is 2.96. The van der Waals surface area contributed by atoms with E-state index in [9.17, 15) is 0 Å². The maximum absolute atomic E-state index is 6.24. The number of nitrogens with zero attached hydrogens (tertiary/aromatic N) is 1. The van der Waals surface area contributed by atoms with Crippen LogP contribution in [0.15, 0.2) is 22.7 Å². The summed E-state index contributed by atoms with van der Waals surface area (Å²) in [5.74, 6) is 0. The first-order chi connectivity index (χ1) is 7.70. The molecule has 88 valence electrons. The lowest BCUT2D eigenvalue weighted by Gasteiger charge is -2.21. The van der Waals surface area contributed by atoms with Crippen LogP contribution in [0.4, 0.5) is 0 Å². The van der Waals surface area contributed by atoms with Gasteiger partial charge in [-0.2, -0.15) is 0 Å². The van der Waals surface area contributed by atoms with Gasteiger partial charge in [0.1, 0.15) is 0 Å².